The number of pyridine rings is 1. The van der Waals surface area contributed by atoms with Gasteiger partial charge in [0.25, 0.3) is 15.6 Å². The number of carboxylic acid groups (broad SMARTS) is 1. The number of benzene rings is 1. The van der Waals surface area contributed by atoms with Gasteiger partial charge in [-0.05, 0) is 44.0 Å². The van der Waals surface area contributed by atoms with E-state index in [1.807, 2.05) is 0 Å². The fraction of sp³-hybridized carbons (Fsp3) is 0.375. The van der Waals surface area contributed by atoms with Crippen LogP contribution in [0.2, 0.25) is 0 Å². The molecule has 19 heteroatoms. The van der Waals surface area contributed by atoms with Gasteiger partial charge in [-0.15, -0.1) is 0 Å². The van der Waals surface area contributed by atoms with E-state index in [9.17, 15) is 36.0 Å². The topological polar surface area (TPSA) is 234 Å². The number of aliphatic carboxylic acids is 1. The Balaban J connectivity index is 0.00000117. The van der Waals surface area contributed by atoms with Crippen molar-refractivity contribution in [3.8, 4) is 11.5 Å². The number of aromatic nitrogens is 1. The summed E-state index contributed by atoms with van der Waals surface area (Å²) in [6, 6.07) is 6.20. The second-order valence-electron chi connectivity index (χ2n) is 8.46. The number of hydrogen-bond acceptors (Lipinski definition) is 9. The molecule has 1 heterocycles. The monoisotopic (exact) mass is 636 g/mol. The maximum Gasteiger partial charge on any atom is 0.490 e. The number of nitrogens with one attached hydrogen (secondary N) is 2. The normalized spacial score (nSPS) is 11.7. The second kappa shape index (κ2) is 16.0. The molecular weight excluding hydrogens is 605 g/mol. The van der Waals surface area contributed by atoms with E-state index >= 15 is 0 Å². The Kier molecular flexibility index (Phi) is 13.5. The summed E-state index contributed by atoms with van der Waals surface area (Å²) in [5.74, 6) is -3.11. The van der Waals surface area contributed by atoms with Gasteiger partial charge < -0.3 is 40.7 Å². The Hall–Kier alpha value is -4.81. The zero-order valence-corrected chi connectivity index (χ0v) is 24.0. The Morgan fingerprint density at radius 3 is 2.30 bits per heavy atom. The van der Waals surface area contributed by atoms with Gasteiger partial charge in [-0.25, -0.2) is 13.2 Å². The Morgan fingerprint density at radius 1 is 1.16 bits per heavy atom. The number of halogens is 3. The molecule has 1 aromatic heterocycles. The van der Waals surface area contributed by atoms with Crippen molar-refractivity contribution in [2.45, 2.75) is 43.4 Å². The van der Waals surface area contributed by atoms with Gasteiger partial charge in [0.1, 0.15) is 34.9 Å². The van der Waals surface area contributed by atoms with E-state index in [2.05, 4.69) is 15.0 Å². The molecule has 0 unspecified atom stereocenters. The number of nitrogens with zero attached hydrogens (tertiary/aromatic N) is 2. The zero-order valence-electron chi connectivity index (χ0n) is 23.2. The van der Waals surface area contributed by atoms with Crippen LogP contribution in [0.15, 0.2) is 45.0 Å². The minimum absolute atomic E-state index is 0.0508. The summed E-state index contributed by atoms with van der Waals surface area (Å²) in [5.41, 5.74) is 9.89. The Labute approximate surface area is 243 Å². The number of nitrogens with two attached hydrogens (primary N) is 2. The molecule has 0 saturated heterocycles. The van der Waals surface area contributed by atoms with Crippen molar-refractivity contribution in [2.75, 3.05) is 25.5 Å². The molecule has 2 aromatic rings. The maximum atomic E-state index is 13.0. The van der Waals surface area contributed by atoms with E-state index in [1.165, 1.54) is 44.6 Å². The molecule has 2 rings (SSSR count). The fourth-order valence-electron chi connectivity index (χ4n) is 3.23. The number of carbonyl (C=O) groups excluding carboxylic acids is 2. The number of hydrogen-bond donors (Lipinski definition) is 5. The van der Waals surface area contributed by atoms with Crippen LogP contribution in [0.4, 0.5) is 18.9 Å². The van der Waals surface area contributed by atoms with Crippen molar-refractivity contribution in [3.05, 3.63) is 46.4 Å². The SMILES string of the molecule is COc1ccc(OC)c(S(=O)(=O)Nc2ccc(C)n(CC(=O)N[C@H](C=O)CCCN=C(N)N)c2=O)c1.O=C(O)C(F)(F)F. The zero-order chi connectivity index (χ0) is 33.0. The summed E-state index contributed by atoms with van der Waals surface area (Å²) in [6.45, 7) is 1.45. The highest BCUT2D eigenvalue weighted by molar-refractivity contribution is 7.92. The van der Waals surface area contributed by atoms with Gasteiger partial charge in [0, 0.05) is 18.3 Å². The predicted molar refractivity (Wildman–Crippen MR) is 147 cm³/mol. The lowest BCUT2D eigenvalue weighted by molar-refractivity contribution is -0.192. The number of carboxylic acids is 1. The van der Waals surface area contributed by atoms with Crippen LogP contribution in [0.3, 0.4) is 0 Å². The standard InChI is InChI=1S/C22H30N6O7S.C2HF3O2/c1-14-6-8-17(27-36(32,33)19-11-16(34-2)7-9-18(19)35-3)21(31)28(14)12-20(30)26-15(13-29)5-4-10-25-22(23)24;3-2(4,5)1(6)7/h6-9,11,13,15,27H,4-5,10,12H2,1-3H3,(H,26,30)(H4,23,24,25);(H,6,7)/t15-;/m0./s1. The third-order valence-corrected chi connectivity index (χ3v) is 6.71. The van der Waals surface area contributed by atoms with Crippen LogP contribution >= 0.6 is 0 Å². The highest BCUT2D eigenvalue weighted by atomic mass is 32.2. The van der Waals surface area contributed by atoms with Gasteiger partial charge in [-0.3, -0.25) is 19.3 Å². The average Bonchev–Trinajstić information content (AvgIpc) is 2.93. The van der Waals surface area contributed by atoms with Gasteiger partial charge >= 0.3 is 12.1 Å². The van der Waals surface area contributed by atoms with Crippen LogP contribution in [0.1, 0.15) is 18.5 Å². The molecule has 0 bridgehead atoms. The van der Waals surface area contributed by atoms with Gasteiger partial charge in [0.15, 0.2) is 5.96 Å². The lowest BCUT2D eigenvalue weighted by Gasteiger charge is -2.16. The molecule has 0 fully saturated rings. The van der Waals surface area contributed by atoms with Gasteiger partial charge in [0.2, 0.25) is 5.91 Å². The quantitative estimate of drug-likeness (QED) is 0.0870. The van der Waals surface area contributed by atoms with Gasteiger partial charge in [0.05, 0.1) is 20.3 Å². The largest absolute Gasteiger partial charge is 0.497 e. The van der Waals surface area contributed by atoms with Gasteiger partial charge in [-0.2, -0.15) is 13.2 Å². The number of ether oxygens (including phenoxy) is 2. The molecule has 7 N–H and O–H groups in total. The molecule has 0 aliphatic carbocycles. The van der Waals surface area contributed by atoms with Crippen LogP contribution < -0.4 is 36.5 Å². The molecular formula is C24H31F3N6O9S. The van der Waals surface area contributed by atoms with E-state index in [-0.39, 0.29) is 28.0 Å². The number of aldehydes is 1. The van der Waals surface area contributed by atoms with Crippen molar-refractivity contribution in [1.82, 2.24) is 9.88 Å². The Morgan fingerprint density at radius 2 is 1.79 bits per heavy atom. The first kappa shape index (κ1) is 36.2. The molecule has 238 valence electrons. The molecule has 43 heavy (non-hydrogen) atoms. The van der Waals surface area contributed by atoms with Gasteiger partial charge in [-0.1, -0.05) is 0 Å². The first-order valence-corrected chi connectivity index (χ1v) is 13.5. The van der Waals surface area contributed by atoms with Crippen LogP contribution in [0.5, 0.6) is 11.5 Å². The highest BCUT2D eigenvalue weighted by Gasteiger charge is 2.38. The highest BCUT2D eigenvalue weighted by Crippen LogP contribution is 2.29. The molecule has 0 saturated carbocycles. The number of methoxy groups -OCH3 is 2. The molecule has 1 aromatic carbocycles. The number of guanidine groups is 1. The number of sulfonamides is 1. The number of alkyl halides is 3. The maximum absolute atomic E-state index is 13.0. The van der Waals surface area contributed by atoms with Crippen LogP contribution in [-0.2, 0) is 31.0 Å². The molecule has 0 radical (unpaired) electrons. The second-order valence-corrected chi connectivity index (χ2v) is 10.1. The van der Waals surface area contributed by atoms with E-state index < -0.39 is 46.2 Å². The summed E-state index contributed by atoms with van der Waals surface area (Å²) in [5, 5.41) is 9.66. The fourth-order valence-corrected chi connectivity index (χ4v) is 4.47. The number of amides is 1. The minimum Gasteiger partial charge on any atom is -0.497 e. The van der Waals surface area contributed by atoms with Crippen LogP contribution in [-0.4, -0.2) is 75.2 Å². The molecule has 0 spiro atoms. The molecule has 1 amide bonds. The van der Waals surface area contributed by atoms with Crippen molar-refractivity contribution < 1.29 is 50.6 Å². The molecule has 0 aliphatic heterocycles. The third-order valence-electron chi connectivity index (χ3n) is 5.32. The van der Waals surface area contributed by atoms with E-state index in [0.29, 0.717) is 31.4 Å². The van der Waals surface area contributed by atoms with Crippen molar-refractivity contribution in [3.63, 3.8) is 0 Å². The van der Waals surface area contributed by atoms with E-state index in [1.54, 1.807) is 6.92 Å². The number of carbonyl (C=O) groups is 3. The Bertz CT molecular complexity index is 1490. The molecule has 15 nitrogen and oxygen atoms in total. The van der Waals surface area contributed by atoms with Crippen molar-refractivity contribution >= 4 is 39.8 Å². The number of aliphatic imine (C=N–C) groups is 1. The van der Waals surface area contributed by atoms with Crippen LogP contribution in [0.25, 0.3) is 0 Å². The van der Waals surface area contributed by atoms with Crippen LogP contribution in [0, 0.1) is 6.92 Å². The number of aryl methyl sites for hydroxylation is 1. The van der Waals surface area contributed by atoms with Crippen molar-refractivity contribution in [1.29, 1.82) is 0 Å². The van der Waals surface area contributed by atoms with Crippen molar-refractivity contribution in [2.24, 2.45) is 16.5 Å². The summed E-state index contributed by atoms with van der Waals surface area (Å²) in [6.07, 6.45) is -3.76. The molecule has 1 atom stereocenters. The molecule has 0 aliphatic rings. The number of rotatable bonds is 13. The third kappa shape index (κ3) is 11.5. The lowest BCUT2D eigenvalue weighted by Crippen LogP contribution is -2.40. The minimum atomic E-state index is -5.08. The van der Waals surface area contributed by atoms with E-state index in [0.717, 1.165) is 4.57 Å². The number of anilines is 1. The smallest absolute Gasteiger partial charge is 0.490 e. The summed E-state index contributed by atoms with van der Waals surface area (Å²) in [7, 11) is -1.56. The summed E-state index contributed by atoms with van der Waals surface area (Å²) >= 11 is 0. The summed E-state index contributed by atoms with van der Waals surface area (Å²) in [4.78, 5) is 49.4. The van der Waals surface area contributed by atoms with E-state index in [4.69, 9.17) is 30.8 Å². The summed E-state index contributed by atoms with van der Waals surface area (Å²) < 4.78 is 71.4. The predicted octanol–water partition coefficient (Wildman–Crippen LogP) is 0.345. The first-order valence-electron chi connectivity index (χ1n) is 12.0. The first-order chi connectivity index (χ1) is 20.0. The lowest BCUT2D eigenvalue weighted by atomic mass is 10.2. The average molecular weight is 637 g/mol.